The molecule has 1 heterocycles. The smallest absolute Gasteiger partial charge is 0.267 e. The SMILES string of the molecule is N/C(=C/c1cc(O)c(O)c(O)c1)C(=O)N[C@@H](Cc1c[nH]c2cc(Br)ccc12)C(=O)N/C=C/c1ccc(O)c(O)c1. The minimum atomic E-state index is -1.08. The van der Waals surface area contributed by atoms with Crippen LogP contribution in [0.25, 0.3) is 23.1 Å². The third-order valence-corrected chi connectivity index (χ3v) is 6.45. The zero-order valence-electron chi connectivity index (χ0n) is 20.7. The highest BCUT2D eigenvalue weighted by Gasteiger charge is 2.23. The Morgan fingerprint density at radius 2 is 1.62 bits per heavy atom. The Hall–Kier alpha value is -5.10. The van der Waals surface area contributed by atoms with E-state index in [0.717, 1.165) is 33.1 Å². The summed E-state index contributed by atoms with van der Waals surface area (Å²) in [6, 6.07) is 10.9. The molecule has 0 fully saturated rings. The summed E-state index contributed by atoms with van der Waals surface area (Å²) in [5.41, 5.74) is 7.85. The number of phenolic OH excluding ortho intramolecular Hbond substituents is 5. The van der Waals surface area contributed by atoms with Gasteiger partial charge in [0.15, 0.2) is 28.7 Å². The zero-order chi connectivity index (χ0) is 29.0. The van der Waals surface area contributed by atoms with Gasteiger partial charge in [-0.2, -0.15) is 0 Å². The van der Waals surface area contributed by atoms with Crippen molar-refractivity contribution in [2.75, 3.05) is 0 Å². The van der Waals surface area contributed by atoms with Crippen molar-refractivity contribution in [3.8, 4) is 28.7 Å². The van der Waals surface area contributed by atoms with Gasteiger partial charge in [0.25, 0.3) is 5.91 Å². The molecule has 1 aromatic heterocycles. The lowest BCUT2D eigenvalue weighted by atomic mass is 10.0. The molecule has 2 amide bonds. The number of aromatic amines is 1. The van der Waals surface area contributed by atoms with Gasteiger partial charge in [0.05, 0.1) is 5.70 Å². The number of aromatic hydroxyl groups is 5. The number of halogens is 1. The van der Waals surface area contributed by atoms with Gasteiger partial charge in [0, 0.05) is 34.2 Å². The highest BCUT2D eigenvalue weighted by molar-refractivity contribution is 9.10. The molecular formula is C28H25BrN4O7. The standard InChI is InChI=1S/C28H25BrN4O7/c29-17-2-3-18-16(13-32-20(18)12-17)11-21(28(40)31-6-5-14-1-4-22(34)23(35)8-14)33-27(39)19(30)7-15-9-24(36)26(38)25(37)10-15/h1-10,12-13,21,32,34-38H,11,30H2,(H,31,40)(H,33,39)/b6-5+,19-7+/t21-/m0/s1. The molecule has 0 spiro atoms. The van der Waals surface area contributed by atoms with E-state index < -0.39 is 35.1 Å². The lowest BCUT2D eigenvalue weighted by Crippen LogP contribution is -2.47. The fraction of sp³-hybridized carbons (Fsp3) is 0.0714. The van der Waals surface area contributed by atoms with Crippen molar-refractivity contribution in [1.29, 1.82) is 0 Å². The molecule has 11 nitrogen and oxygen atoms in total. The molecule has 0 aliphatic carbocycles. The third kappa shape index (κ3) is 6.48. The Bertz CT molecular complexity index is 1640. The van der Waals surface area contributed by atoms with Crippen LogP contribution in [0.15, 0.2) is 71.1 Å². The molecular weight excluding hydrogens is 584 g/mol. The summed E-state index contributed by atoms with van der Waals surface area (Å²) < 4.78 is 0.866. The summed E-state index contributed by atoms with van der Waals surface area (Å²) >= 11 is 3.42. The van der Waals surface area contributed by atoms with Crippen molar-refractivity contribution in [3.05, 3.63) is 87.8 Å². The molecule has 40 heavy (non-hydrogen) atoms. The first-order chi connectivity index (χ1) is 19.0. The van der Waals surface area contributed by atoms with Gasteiger partial charge in [-0.15, -0.1) is 0 Å². The highest BCUT2D eigenvalue weighted by Crippen LogP contribution is 2.35. The van der Waals surface area contributed by atoms with Gasteiger partial charge < -0.3 is 46.9 Å². The number of rotatable bonds is 8. The monoisotopic (exact) mass is 608 g/mol. The number of hydrogen-bond acceptors (Lipinski definition) is 8. The maximum absolute atomic E-state index is 13.2. The Morgan fingerprint density at radius 1 is 0.925 bits per heavy atom. The maximum atomic E-state index is 13.2. The molecule has 4 rings (SSSR count). The van der Waals surface area contributed by atoms with E-state index in [9.17, 15) is 35.1 Å². The van der Waals surface area contributed by atoms with Crippen LogP contribution >= 0.6 is 15.9 Å². The van der Waals surface area contributed by atoms with Crippen LogP contribution in [0.3, 0.4) is 0 Å². The lowest BCUT2D eigenvalue weighted by Gasteiger charge is -2.17. The Labute approximate surface area is 236 Å². The second-order valence-electron chi connectivity index (χ2n) is 8.83. The third-order valence-electron chi connectivity index (χ3n) is 5.95. The van der Waals surface area contributed by atoms with E-state index >= 15 is 0 Å². The lowest BCUT2D eigenvalue weighted by molar-refractivity contribution is -0.126. The average molecular weight is 609 g/mol. The molecule has 12 heteroatoms. The maximum Gasteiger partial charge on any atom is 0.267 e. The van der Waals surface area contributed by atoms with Crippen molar-refractivity contribution in [3.63, 3.8) is 0 Å². The molecule has 0 aliphatic rings. The van der Waals surface area contributed by atoms with Crippen molar-refractivity contribution in [2.24, 2.45) is 5.73 Å². The average Bonchev–Trinajstić information content (AvgIpc) is 3.30. The van der Waals surface area contributed by atoms with Crippen LogP contribution in [-0.2, 0) is 16.0 Å². The molecule has 206 valence electrons. The van der Waals surface area contributed by atoms with Gasteiger partial charge in [0.1, 0.15) is 6.04 Å². The predicted molar refractivity (Wildman–Crippen MR) is 152 cm³/mol. The molecule has 0 saturated heterocycles. The summed E-state index contributed by atoms with van der Waals surface area (Å²) in [5.74, 6) is -3.86. The number of phenols is 5. The second-order valence-corrected chi connectivity index (χ2v) is 9.75. The minimum absolute atomic E-state index is 0.0983. The van der Waals surface area contributed by atoms with Crippen LogP contribution in [0.5, 0.6) is 28.7 Å². The number of fused-ring (bicyclic) bond motifs is 1. The number of H-pyrrole nitrogens is 1. The van der Waals surface area contributed by atoms with Crippen molar-refractivity contribution >= 4 is 50.8 Å². The van der Waals surface area contributed by atoms with E-state index in [4.69, 9.17) is 5.73 Å². The largest absolute Gasteiger partial charge is 0.504 e. The molecule has 0 aliphatic heterocycles. The number of nitrogens with two attached hydrogens (primary N) is 1. The normalized spacial score (nSPS) is 12.5. The van der Waals surface area contributed by atoms with Gasteiger partial charge >= 0.3 is 0 Å². The molecule has 10 N–H and O–H groups in total. The van der Waals surface area contributed by atoms with Crippen LogP contribution in [0.2, 0.25) is 0 Å². The van der Waals surface area contributed by atoms with Crippen LogP contribution < -0.4 is 16.4 Å². The number of benzene rings is 3. The molecule has 0 unspecified atom stereocenters. The van der Waals surface area contributed by atoms with Gasteiger partial charge in [-0.25, -0.2) is 0 Å². The van der Waals surface area contributed by atoms with Crippen molar-refractivity contribution in [2.45, 2.75) is 12.5 Å². The van der Waals surface area contributed by atoms with Gasteiger partial charge in [-0.3, -0.25) is 9.59 Å². The number of carbonyl (C=O) groups is 2. The summed E-state index contributed by atoms with van der Waals surface area (Å²) in [5, 5.41) is 54.2. The molecule has 4 aromatic rings. The fourth-order valence-corrected chi connectivity index (χ4v) is 4.28. The van der Waals surface area contributed by atoms with Crippen LogP contribution in [-0.4, -0.2) is 48.4 Å². The first-order valence-electron chi connectivity index (χ1n) is 11.8. The molecule has 0 saturated carbocycles. The molecule has 0 bridgehead atoms. The van der Waals surface area contributed by atoms with E-state index in [0.29, 0.717) is 5.56 Å². The van der Waals surface area contributed by atoms with E-state index in [2.05, 4.69) is 31.5 Å². The number of carbonyl (C=O) groups excluding carboxylic acids is 2. The van der Waals surface area contributed by atoms with Crippen molar-refractivity contribution < 1.29 is 35.1 Å². The summed E-state index contributed by atoms with van der Waals surface area (Å²) in [4.78, 5) is 29.3. The highest BCUT2D eigenvalue weighted by atomic mass is 79.9. The first-order valence-corrected chi connectivity index (χ1v) is 12.6. The van der Waals surface area contributed by atoms with E-state index in [1.54, 1.807) is 6.20 Å². The number of amides is 2. The van der Waals surface area contributed by atoms with Crippen LogP contribution in [0, 0.1) is 0 Å². The molecule has 1 atom stereocenters. The van der Waals surface area contributed by atoms with Gasteiger partial charge in [0.2, 0.25) is 5.91 Å². The Kier molecular flexibility index (Phi) is 8.20. The molecule has 0 radical (unpaired) electrons. The van der Waals surface area contributed by atoms with E-state index in [-0.39, 0.29) is 29.2 Å². The Morgan fingerprint density at radius 3 is 2.33 bits per heavy atom. The number of nitrogens with one attached hydrogen (secondary N) is 3. The van der Waals surface area contributed by atoms with Crippen LogP contribution in [0.4, 0.5) is 0 Å². The quantitative estimate of drug-likeness (QED) is 0.107. The number of aromatic nitrogens is 1. The first kappa shape index (κ1) is 27.9. The Balaban J connectivity index is 1.56. The molecule has 3 aromatic carbocycles. The second kappa shape index (κ2) is 11.7. The van der Waals surface area contributed by atoms with Crippen molar-refractivity contribution in [1.82, 2.24) is 15.6 Å². The zero-order valence-corrected chi connectivity index (χ0v) is 22.3. The summed E-state index contributed by atoms with van der Waals surface area (Å²) in [6.45, 7) is 0. The minimum Gasteiger partial charge on any atom is -0.504 e. The topological polar surface area (TPSA) is 201 Å². The van der Waals surface area contributed by atoms with E-state index in [1.807, 2.05) is 18.2 Å². The summed E-state index contributed by atoms with van der Waals surface area (Å²) in [7, 11) is 0. The summed E-state index contributed by atoms with van der Waals surface area (Å²) in [6.07, 6.45) is 5.84. The number of hydrogen-bond donors (Lipinski definition) is 9. The predicted octanol–water partition coefficient (Wildman–Crippen LogP) is 3.27. The van der Waals surface area contributed by atoms with Gasteiger partial charge in [-0.05, 0) is 65.2 Å². The van der Waals surface area contributed by atoms with E-state index in [1.165, 1.54) is 36.6 Å². The fourth-order valence-electron chi connectivity index (χ4n) is 3.92. The van der Waals surface area contributed by atoms with Gasteiger partial charge in [-0.1, -0.05) is 28.1 Å². The van der Waals surface area contributed by atoms with Crippen LogP contribution in [0.1, 0.15) is 16.7 Å².